The summed E-state index contributed by atoms with van der Waals surface area (Å²) in [6.07, 6.45) is 4.00. The number of hydrogen-bond donors (Lipinski definition) is 2. The number of phenols is 1. The molecule has 1 aliphatic carbocycles. The van der Waals surface area contributed by atoms with Crippen molar-refractivity contribution in [3.63, 3.8) is 0 Å². The molecule has 1 aliphatic rings. The summed E-state index contributed by atoms with van der Waals surface area (Å²) >= 11 is 0. The molecule has 4 nitrogen and oxygen atoms in total. The highest BCUT2D eigenvalue weighted by atomic mass is 16.5. The van der Waals surface area contributed by atoms with Gasteiger partial charge in [0.2, 0.25) is 0 Å². The lowest BCUT2D eigenvalue weighted by Crippen LogP contribution is -2.38. The molecule has 0 unspecified atom stereocenters. The van der Waals surface area contributed by atoms with Crippen molar-refractivity contribution in [2.24, 2.45) is 0 Å². The third-order valence-electron chi connectivity index (χ3n) is 4.52. The Labute approximate surface area is 119 Å². The Hall–Kier alpha value is -1.71. The Kier molecular flexibility index (Phi) is 3.93. The van der Waals surface area contributed by atoms with E-state index < -0.39 is 11.4 Å². The quantitative estimate of drug-likeness (QED) is 0.890. The van der Waals surface area contributed by atoms with E-state index in [1.807, 2.05) is 13.0 Å². The van der Waals surface area contributed by atoms with Gasteiger partial charge in [0.25, 0.3) is 0 Å². The van der Waals surface area contributed by atoms with E-state index in [4.69, 9.17) is 4.74 Å². The third-order valence-corrected chi connectivity index (χ3v) is 4.52. The number of phenolic OH excluding ortho intramolecular Hbond substituents is 1. The van der Waals surface area contributed by atoms with Crippen molar-refractivity contribution < 1.29 is 19.7 Å². The molecule has 0 amide bonds. The normalized spacial score (nSPS) is 17.8. The van der Waals surface area contributed by atoms with Crippen LogP contribution in [0.15, 0.2) is 6.07 Å². The molecule has 0 heterocycles. The van der Waals surface area contributed by atoms with Gasteiger partial charge in [0, 0.05) is 11.1 Å². The molecule has 4 heteroatoms. The predicted molar refractivity (Wildman–Crippen MR) is 76.5 cm³/mol. The van der Waals surface area contributed by atoms with E-state index in [2.05, 4.69) is 0 Å². The number of benzene rings is 1. The smallest absolute Gasteiger partial charge is 0.314 e. The minimum Gasteiger partial charge on any atom is -0.507 e. The fraction of sp³-hybridized carbons (Fsp3) is 0.562. The standard InChI is InChI=1S/C16H22O4/c1-10-9-12(20-3)11(2)14(17)13(10)16(15(18)19)7-5-4-6-8-16/h9,17H,4-8H2,1-3H3,(H,18,19). The lowest BCUT2D eigenvalue weighted by atomic mass is 9.67. The Morgan fingerprint density at radius 1 is 1.25 bits per heavy atom. The van der Waals surface area contributed by atoms with Gasteiger partial charge in [-0.2, -0.15) is 0 Å². The van der Waals surface area contributed by atoms with Crippen LogP contribution in [-0.2, 0) is 10.2 Å². The average molecular weight is 278 g/mol. The maximum absolute atomic E-state index is 11.9. The maximum atomic E-state index is 11.9. The monoisotopic (exact) mass is 278 g/mol. The largest absolute Gasteiger partial charge is 0.507 e. The van der Waals surface area contributed by atoms with Crippen LogP contribution in [0.1, 0.15) is 48.8 Å². The predicted octanol–water partition coefficient (Wildman–Crippen LogP) is 3.30. The van der Waals surface area contributed by atoms with Crippen LogP contribution in [0.5, 0.6) is 11.5 Å². The molecular formula is C16H22O4. The molecule has 1 aromatic carbocycles. The van der Waals surface area contributed by atoms with Gasteiger partial charge in [0.15, 0.2) is 0 Å². The second-order valence-electron chi connectivity index (χ2n) is 5.69. The molecule has 1 fully saturated rings. The number of methoxy groups -OCH3 is 1. The molecule has 2 rings (SSSR count). The number of hydrogen-bond acceptors (Lipinski definition) is 3. The number of rotatable bonds is 3. The van der Waals surface area contributed by atoms with Crippen LogP contribution in [0.25, 0.3) is 0 Å². The minimum absolute atomic E-state index is 0.0751. The summed E-state index contributed by atoms with van der Waals surface area (Å²) < 4.78 is 5.23. The van der Waals surface area contributed by atoms with Gasteiger partial charge < -0.3 is 14.9 Å². The summed E-state index contributed by atoms with van der Waals surface area (Å²) in [5, 5.41) is 20.3. The lowest BCUT2D eigenvalue weighted by Gasteiger charge is -2.35. The molecule has 0 aromatic heterocycles. The number of aliphatic carboxylic acids is 1. The molecule has 20 heavy (non-hydrogen) atoms. The summed E-state index contributed by atoms with van der Waals surface area (Å²) in [5.74, 6) is -0.161. The highest BCUT2D eigenvalue weighted by Gasteiger charge is 2.44. The Morgan fingerprint density at radius 3 is 2.35 bits per heavy atom. The van der Waals surface area contributed by atoms with Gasteiger partial charge in [0.1, 0.15) is 11.5 Å². The zero-order valence-corrected chi connectivity index (χ0v) is 12.3. The first-order chi connectivity index (χ1) is 9.44. The number of carbonyl (C=O) groups is 1. The highest BCUT2D eigenvalue weighted by molar-refractivity contribution is 5.84. The Morgan fingerprint density at radius 2 is 1.85 bits per heavy atom. The van der Waals surface area contributed by atoms with Crippen LogP contribution < -0.4 is 4.74 Å². The molecule has 0 aliphatic heterocycles. The van der Waals surface area contributed by atoms with Crippen molar-refractivity contribution in [2.45, 2.75) is 51.4 Å². The maximum Gasteiger partial charge on any atom is 0.314 e. The van der Waals surface area contributed by atoms with Crippen molar-refractivity contribution >= 4 is 5.97 Å². The van der Waals surface area contributed by atoms with E-state index in [9.17, 15) is 15.0 Å². The van der Waals surface area contributed by atoms with Crippen LogP contribution >= 0.6 is 0 Å². The first-order valence-electron chi connectivity index (χ1n) is 7.05. The van der Waals surface area contributed by atoms with Gasteiger partial charge in [-0.3, -0.25) is 4.79 Å². The van der Waals surface area contributed by atoms with E-state index in [1.54, 1.807) is 14.0 Å². The molecule has 1 saturated carbocycles. The first-order valence-corrected chi connectivity index (χ1v) is 7.05. The topological polar surface area (TPSA) is 66.8 Å². The van der Waals surface area contributed by atoms with Gasteiger partial charge in [-0.15, -0.1) is 0 Å². The van der Waals surface area contributed by atoms with Crippen LogP contribution in [0.4, 0.5) is 0 Å². The minimum atomic E-state index is -0.955. The molecule has 2 N–H and O–H groups in total. The van der Waals surface area contributed by atoms with Gasteiger partial charge in [0.05, 0.1) is 12.5 Å². The number of aryl methyl sites for hydroxylation is 1. The fourth-order valence-corrected chi connectivity index (χ4v) is 3.41. The molecule has 0 atom stereocenters. The molecule has 0 bridgehead atoms. The Balaban J connectivity index is 2.66. The summed E-state index contributed by atoms with van der Waals surface area (Å²) in [5.41, 5.74) is 1.01. The first kappa shape index (κ1) is 14.7. The van der Waals surface area contributed by atoms with Crippen molar-refractivity contribution in [3.8, 4) is 11.5 Å². The second kappa shape index (κ2) is 5.35. The van der Waals surface area contributed by atoms with Gasteiger partial charge >= 0.3 is 5.97 Å². The summed E-state index contributed by atoms with van der Waals surface area (Å²) in [6, 6.07) is 1.82. The number of aromatic hydroxyl groups is 1. The molecule has 0 spiro atoms. The highest BCUT2D eigenvalue weighted by Crippen LogP contribution is 2.47. The fourth-order valence-electron chi connectivity index (χ4n) is 3.41. The van der Waals surface area contributed by atoms with Gasteiger partial charge in [-0.05, 0) is 38.3 Å². The third kappa shape index (κ3) is 2.13. The van der Waals surface area contributed by atoms with Crippen molar-refractivity contribution in [2.75, 3.05) is 7.11 Å². The second-order valence-corrected chi connectivity index (χ2v) is 5.69. The molecular weight excluding hydrogens is 256 g/mol. The van der Waals surface area contributed by atoms with Crippen molar-refractivity contribution in [1.82, 2.24) is 0 Å². The Bertz CT molecular complexity index is 528. The van der Waals surface area contributed by atoms with Crippen LogP contribution in [0, 0.1) is 13.8 Å². The van der Waals surface area contributed by atoms with E-state index >= 15 is 0 Å². The van der Waals surface area contributed by atoms with E-state index in [1.165, 1.54) is 0 Å². The van der Waals surface area contributed by atoms with Crippen molar-refractivity contribution in [1.29, 1.82) is 0 Å². The number of ether oxygens (including phenoxy) is 1. The van der Waals surface area contributed by atoms with Crippen LogP contribution in [0.2, 0.25) is 0 Å². The molecule has 0 radical (unpaired) electrons. The molecule has 0 saturated heterocycles. The van der Waals surface area contributed by atoms with Crippen molar-refractivity contribution in [3.05, 3.63) is 22.8 Å². The lowest BCUT2D eigenvalue weighted by molar-refractivity contribution is -0.145. The van der Waals surface area contributed by atoms with Gasteiger partial charge in [-0.25, -0.2) is 0 Å². The van der Waals surface area contributed by atoms with Crippen LogP contribution in [-0.4, -0.2) is 23.3 Å². The summed E-state index contributed by atoms with van der Waals surface area (Å²) in [7, 11) is 1.55. The summed E-state index contributed by atoms with van der Waals surface area (Å²) in [4.78, 5) is 11.9. The zero-order valence-electron chi connectivity index (χ0n) is 12.3. The SMILES string of the molecule is COc1cc(C)c(C2(C(=O)O)CCCCC2)c(O)c1C. The van der Waals surface area contributed by atoms with E-state index in [0.717, 1.165) is 24.8 Å². The number of carboxylic acid groups (broad SMARTS) is 1. The number of carboxylic acids is 1. The van der Waals surface area contributed by atoms with Crippen LogP contribution in [0.3, 0.4) is 0 Å². The zero-order chi connectivity index (χ0) is 14.9. The van der Waals surface area contributed by atoms with E-state index in [-0.39, 0.29) is 5.75 Å². The average Bonchev–Trinajstić information content (AvgIpc) is 2.43. The summed E-state index contributed by atoms with van der Waals surface area (Å²) in [6.45, 7) is 3.60. The van der Waals surface area contributed by atoms with E-state index in [0.29, 0.717) is 29.7 Å². The molecule has 1 aromatic rings. The van der Waals surface area contributed by atoms with Gasteiger partial charge in [-0.1, -0.05) is 19.3 Å². The molecule has 110 valence electrons.